The topological polar surface area (TPSA) is 73.1 Å². The molecule has 32 heavy (non-hydrogen) atoms. The van der Waals surface area contributed by atoms with Crippen molar-refractivity contribution in [3.63, 3.8) is 0 Å². The number of piperidine rings is 1. The molecule has 0 aliphatic carbocycles. The van der Waals surface area contributed by atoms with E-state index in [1.54, 1.807) is 0 Å². The van der Waals surface area contributed by atoms with Crippen LogP contribution in [0.1, 0.15) is 35.8 Å². The van der Waals surface area contributed by atoms with Crippen LogP contribution in [0.5, 0.6) is 0 Å². The molecule has 1 unspecified atom stereocenters. The lowest BCUT2D eigenvalue weighted by Crippen LogP contribution is -2.32. The van der Waals surface area contributed by atoms with Gasteiger partial charge in [-0.05, 0) is 75.1 Å². The lowest BCUT2D eigenvalue weighted by atomic mass is 9.96. The number of halogens is 4. The van der Waals surface area contributed by atoms with Crippen molar-refractivity contribution < 1.29 is 13.2 Å². The quantitative estimate of drug-likeness (QED) is 0.527. The predicted molar refractivity (Wildman–Crippen MR) is 121 cm³/mol. The summed E-state index contributed by atoms with van der Waals surface area (Å²) in [5.41, 5.74) is 12.9. The Balaban J connectivity index is 1.65. The molecular formula is C23H27ClF3N5. The molecule has 1 saturated heterocycles. The molecule has 9 heteroatoms. The van der Waals surface area contributed by atoms with Gasteiger partial charge in [0.05, 0.1) is 33.3 Å². The highest BCUT2D eigenvalue weighted by Crippen LogP contribution is 2.38. The standard InChI is InChI=1S/C23H27ClF3N5/c1-31-8-6-14(7-9-31)13-32-20-5-3-2-4-19(20)30-22(32)18(28)12-15-10-16(23(25,26)27)21(29)17(24)11-15/h2-5,10-11,14,18H,6-9,12-13,28-29H2,1H3. The Kier molecular flexibility index (Phi) is 6.38. The van der Waals surface area contributed by atoms with Gasteiger partial charge in [-0.3, -0.25) is 0 Å². The summed E-state index contributed by atoms with van der Waals surface area (Å²) in [7, 11) is 2.12. The number of para-hydroxylation sites is 2. The Labute approximate surface area is 190 Å². The number of anilines is 1. The highest BCUT2D eigenvalue weighted by molar-refractivity contribution is 6.33. The number of alkyl halides is 3. The zero-order chi connectivity index (χ0) is 23.0. The largest absolute Gasteiger partial charge is 0.418 e. The fourth-order valence-electron chi connectivity index (χ4n) is 4.44. The molecule has 0 radical (unpaired) electrons. The highest BCUT2D eigenvalue weighted by Gasteiger charge is 2.34. The SMILES string of the molecule is CN1CCC(Cn2c(C(N)Cc3cc(Cl)c(N)c(C(F)(F)F)c3)nc3ccccc32)CC1. The van der Waals surface area contributed by atoms with Crippen molar-refractivity contribution in [2.45, 2.75) is 38.0 Å². The third-order valence-corrected chi connectivity index (χ3v) is 6.56. The monoisotopic (exact) mass is 465 g/mol. The molecule has 0 bridgehead atoms. The van der Waals surface area contributed by atoms with E-state index in [2.05, 4.69) is 16.5 Å². The number of nitrogens with two attached hydrogens (primary N) is 2. The molecule has 0 saturated carbocycles. The molecular weight excluding hydrogens is 439 g/mol. The number of aromatic nitrogens is 2. The van der Waals surface area contributed by atoms with E-state index in [1.807, 2.05) is 24.3 Å². The molecule has 1 atom stereocenters. The van der Waals surface area contributed by atoms with Crippen LogP contribution in [0.15, 0.2) is 36.4 Å². The Bertz CT molecular complexity index is 1100. The minimum atomic E-state index is -4.59. The lowest BCUT2D eigenvalue weighted by Gasteiger charge is -2.30. The van der Waals surface area contributed by atoms with Gasteiger partial charge in [-0.2, -0.15) is 13.2 Å². The van der Waals surface area contributed by atoms with Gasteiger partial charge in [0.25, 0.3) is 0 Å². The van der Waals surface area contributed by atoms with E-state index in [-0.39, 0.29) is 11.4 Å². The summed E-state index contributed by atoms with van der Waals surface area (Å²) in [6.45, 7) is 2.87. The first-order valence-electron chi connectivity index (χ1n) is 10.7. The first-order valence-corrected chi connectivity index (χ1v) is 11.1. The van der Waals surface area contributed by atoms with Gasteiger partial charge in [-0.25, -0.2) is 4.98 Å². The second kappa shape index (κ2) is 8.92. The fourth-order valence-corrected chi connectivity index (χ4v) is 4.69. The average Bonchev–Trinajstić information content (AvgIpc) is 3.10. The van der Waals surface area contributed by atoms with Crippen LogP contribution in [0.25, 0.3) is 11.0 Å². The summed E-state index contributed by atoms with van der Waals surface area (Å²) in [5.74, 6) is 1.17. The number of hydrogen-bond acceptors (Lipinski definition) is 4. The van der Waals surface area contributed by atoms with Crippen LogP contribution in [0, 0.1) is 5.92 Å². The van der Waals surface area contributed by atoms with E-state index in [0.717, 1.165) is 49.6 Å². The van der Waals surface area contributed by atoms with Gasteiger partial charge in [0, 0.05) is 6.54 Å². The van der Waals surface area contributed by atoms with E-state index in [0.29, 0.717) is 17.3 Å². The maximum atomic E-state index is 13.4. The van der Waals surface area contributed by atoms with Gasteiger partial charge in [0.15, 0.2) is 0 Å². The number of fused-ring (bicyclic) bond motifs is 1. The van der Waals surface area contributed by atoms with Crippen LogP contribution in [0.3, 0.4) is 0 Å². The molecule has 0 spiro atoms. The van der Waals surface area contributed by atoms with Crippen LogP contribution in [-0.4, -0.2) is 34.6 Å². The van der Waals surface area contributed by atoms with Gasteiger partial charge < -0.3 is 20.9 Å². The van der Waals surface area contributed by atoms with Crippen molar-refractivity contribution in [2.24, 2.45) is 11.7 Å². The minimum absolute atomic E-state index is 0.123. The Morgan fingerprint density at radius 3 is 2.56 bits per heavy atom. The summed E-state index contributed by atoms with van der Waals surface area (Å²) in [6, 6.07) is 9.71. The van der Waals surface area contributed by atoms with E-state index in [1.165, 1.54) is 6.07 Å². The molecule has 3 aromatic rings. The number of rotatable bonds is 5. The Morgan fingerprint density at radius 2 is 1.88 bits per heavy atom. The molecule has 1 aliphatic rings. The summed E-state index contributed by atoms with van der Waals surface area (Å²) in [4.78, 5) is 7.07. The Morgan fingerprint density at radius 1 is 1.19 bits per heavy atom. The van der Waals surface area contributed by atoms with Gasteiger partial charge in [-0.15, -0.1) is 0 Å². The van der Waals surface area contributed by atoms with Crippen LogP contribution in [0.2, 0.25) is 5.02 Å². The number of benzene rings is 2. The normalized spacial score (nSPS) is 17.2. The molecule has 172 valence electrons. The van der Waals surface area contributed by atoms with Crippen molar-refractivity contribution in [3.8, 4) is 0 Å². The fraction of sp³-hybridized carbons (Fsp3) is 0.435. The average molecular weight is 466 g/mol. The zero-order valence-electron chi connectivity index (χ0n) is 17.9. The minimum Gasteiger partial charge on any atom is -0.397 e. The maximum absolute atomic E-state index is 13.4. The van der Waals surface area contributed by atoms with Gasteiger partial charge in [0.2, 0.25) is 0 Å². The van der Waals surface area contributed by atoms with E-state index >= 15 is 0 Å². The van der Waals surface area contributed by atoms with Gasteiger partial charge >= 0.3 is 6.18 Å². The molecule has 0 amide bonds. The number of nitrogen functional groups attached to an aromatic ring is 1. The van der Waals surface area contributed by atoms with Gasteiger partial charge in [0.1, 0.15) is 5.82 Å². The third kappa shape index (κ3) is 4.72. The summed E-state index contributed by atoms with van der Waals surface area (Å²) < 4.78 is 42.3. The third-order valence-electron chi connectivity index (χ3n) is 6.24. The van der Waals surface area contributed by atoms with E-state index in [4.69, 9.17) is 28.1 Å². The maximum Gasteiger partial charge on any atom is 0.418 e. The summed E-state index contributed by atoms with van der Waals surface area (Å²) in [6.07, 6.45) is -2.25. The van der Waals surface area contributed by atoms with Crippen LogP contribution in [-0.2, 0) is 19.1 Å². The van der Waals surface area contributed by atoms with Crippen molar-refractivity contribution in [2.75, 3.05) is 25.9 Å². The molecule has 1 fully saturated rings. The summed E-state index contributed by atoms with van der Waals surface area (Å²) in [5, 5.41) is -0.123. The van der Waals surface area contributed by atoms with Crippen molar-refractivity contribution >= 4 is 28.3 Å². The van der Waals surface area contributed by atoms with E-state index in [9.17, 15) is 13.2 Å². The first-order chi connectivity index (χ1) is 15.1. The molecule has 4 N–H and O–H groups in total. The second-order valence-corrected chi connectivity index (χ2v) is 9.07. The second-order valence-electron chi connectivity index (χ2n) is 8.66. The smallest absolute Gasteiger partial charge is 0.397 e. The number of imidazole rings is 1. The molecule has 5 nitrogen and oxygen atoms in total. The highest BCUT2D eigenvalue weighted by atomic mass is 35.5. The lowest BCUT2D eigenvalue weighted by molar-refractivity contribution is -0.136. The van der Waals surface area contributed by atoms with Crippen LogP contribution in [0.4, 0.5) is 18.9 Å². The van der Waals surface area contributed by atoms with Crippen molar-refractivity contribution in [1.29, 1.82) is 0 Å². The number of likely N-dealkylation sites (tertiary alicyclic amines) is 1. The van der Waals surface area contributed by atoms with Gasteiger partial charge in [-0.1, -0.05) is 23.7 Å². The zero-order valence-corrected chi connectivity index (χ0v) is 18.6. The molecule has 4 rings (SSSR count). The van der Waals surface area contributed by atoms with Crippen molar-refractivity contribution in [1.82, 2.24) is 14.5 Å². The molecule has 1 aliphatic heterocycles. The van der Waals surface area contributed by atoms with Crippen molar-refractivity contribution in [3.05, 3.63) is 58.4 Å². The Hall–Kier alpha value is -2.29. The first kappa shape index (κ1) is 22.9. The molecule has 2 heterocycles. The summed E-state index contributed by atoms with van der Waals surface area (Å²) >= 11 is 6.00. The number of hydrogen-bond donors (Lipinski definition) is 2. The number of nitrogens with zero attached hydrogens (tertiary/aromatic N) is 3. The molecule has 1 aromatic heterocycles. The van der Waals surface area contributed by atoms with E-state index < -0.39 is 23.5 Å². The predicted octanol–water partition coefficient (Wildman–Crippen LogP) is 4.88. The van der Waals surface area contributed by atoms with Crippen LogP contribution >= 0.6 is 11.6 Å². The molecule has 2 aromatic carbocycles. The van der Waals surface area contributed by atoms with Crippen LogP contribution < -0.4 is 11.5 Å².